The predicted octanol–water partition coefficient (Wildman–Crippen LogP) is 5.63. The summed E-state index contributed by atoms with van der Waals surface area (Å²) in [6, 6.07) is 11.0. The average Bonchev–Trinajstić information content (AvgIpc) is 3.24. The van der Waals surface area contributed by atoms with E-state index in [0.29, 0.717) is 16.6 Å². The number of aryl methyl sites for hydroxylation is 2. The molecule has 1 fully saturated rings. The van der Waals surface area contributed by atoms with Gasteiger partial charge in [-0.15, -0.1) is 0 Å². The van der Waals surface area contributed by atoms with Crippen molar-refractivity contribution in [1.82, 2.24) is 10.2 Å². The van der Waals surface area contributed by atoms with E-state index in [0.717, 1.165) is 47.9 Å². The molecular formula is C25H30Cl2N2O2. The molecule has 2 aromatic carbocycles. The highest BCUT2D eigenvalue weighted by Crippen LogP contribution is 2.24. The Balaban J connectivity index is 1.82. The van der Waals surface area contributed by atoms with Gasteiger partial charge in [-0.3, -0.25) is 9.59 Å². The van der Waals surface area contributed by atoms with Crippen LogP contribution in [0.2, 0.25) is 10.0 Å². The van der Waals surface area contributed by atoms with E-state index in [1.165, 1.54) is 0 Å². The molecule has 0 unspecified atom stereocenters. The van der Waals surface area contributed by atoms with Crippen molar-refractivity contribution in [2.45, 2.75) is 71.5 Å². The Morgan fingerprint density at radius 2 is 1.77 bits per heavy atom. The number of nitrogens with one attached hydrogen (secondary N) is 1. The van der Waals surface area contributed by atoms with Crippen molar-refractivity contribution in [1.29, 1.82) is 0 Å². The summed E-state index contributed by atoms with van der Waals surface area (Å²) in [5.41, 5.74) is 3.99. The molecule has 31 heavy (non-hydrogen) atoms. The summed E-state index contributed by atoms with van der Waals surface area (Å²) in [4.78, 5) is 28.0. The first-order chi connectivity index (χ1) is 14.7. The summed E-state index contributed by atoms with van der Waals surface area (Å²) in [5.74, 6) is -0.199. The Labute approximate surface area is 194 Å². The summed E-state index contributed by atoms with van der Waals surface area (Å²) in [5, 5.41) is 4.02. The van der Waals surface area contributed by atoms with Gasteiger partial charge in [-0.2, -0.15) is 0 Å². The van der Waals surface area contributed by atoms with Gasteiger partial charge in [-0.05, 0) is 62.4 Å². The van der Waals surface area contributed by atoms with Crippen molar-refractivity contribution < 1.29 is 9.59 Å². The highest BCUT2D eigenvalue weighted by atomic mass is 35.5. The zero-order chi connectivity index (χ0) is 22.5. The van der Waals surface area contributed by atoms with Crippen LogP contribution in [0.1, 0.15) is 54.9 Å². The molecule has 0 radical (unpaired) electrons. The molecule has 3 rings (SSSR count). The second-order valence-electron chi connectivity index (χ2n) is 8.54. The lowest BCUT2D eigenvalue weighted by atomic mass is 10.0. The van der Waals surface area contributed by atoms with Gasteiger partial charge in [-0.25, -0.2) is 0 Å². The molecule has 0 spiro atoms. The van der Waals surface area contributed by atoms with Crippen molar-refractivity contribution in [2.75, 3.05) is 0 Å². The zero-order valence-electron chi connectivity index (χ0n) is 18.4. The Bertz CT molecular complexity index is 955. The van der Waals surface area contributed by atoms with Crippen molar-refractivity contribution in [2.24, 2.45) is 0 Å². The summed E-state index contributed by atoms with van der Waals surface area (Å²) in [6.45, 7) is 6.10. The summed E-state index contributed by atoms with van der Waals surface area (Å²) >= 11 is 12.2. The van der Waals surface area contributed by atoms with Crippen LogP contribution in [0.3, 0.4) is 0 Å². The smallest absolute Gasteiger partial charge is 0.242 e. The third-order valence-corrected chi connectivity index (χ3v) is 6.79. The van der Waals surface area contributed by atoms with Gasteiger partial charge in [0.05, 0.1) is 16.5 Å². The van der Waals surface area contributed by atoms with Gasteiger partial charge in [0, 0.05) is 12.6 Å². The highest BCUT2D eigenvalue weighted by Gasteiger charge is 2.28. The third kappa shape index (κ3) is 6.24. The second-order valence-corrected chi connectivity index (χ2v) is 9.36. The molecule has 1 saturated carbocycles. The first-order valence-electron chi connectivity index (χ1n) is 10.8. The van der Waals surface area contributed by atoms with E-state index in [1.54, 1.807) is 24.0 Å². The topological polar surface area (TPSA) is 49.4 Å². The van der Waals surface area contributed by atoms with Gasteiger partial charge in [0.25, 0.3) is 0 Å². The van der Waals surface area contributed by atoms with Crippen LogP contribution in [0.5, 0.6) is 0 Å². The van der Waals surface area contributed by atoms with Crippen molar-refractivity contribution >= 4 is 35.0 Å². The molecule has 2 aromatic rings. The largest absolute Gasteiger partial charge is 0.352 e. The lowest BCUT2D eigenvalue weighted by Crippen LogP contribution is -2.50. The van der Waals surface area contributed by atoms with Gasteiger partial charge in [0.1, 0.15) is 6.04 Å². The fourth-order valence-corrected chi connectivity index (χ4v) is 4.39. The van der Waals surface area contributed by atoms with Crippen molar-refractivity contribution in [3.8, 4) is 0 Å². The predicted molar refractivity (Wildman–Crippen MR) is 126 cm³/mol. The molecule has 1 aliphatic carbocycles. The summed E-state index contributed by atoms with van der Waals surface area (Å²) in [7, 11) is 0. The molecule has 0 bridgehead atoms. The Morgan fingerprint density at radius 3 is 2.45 bits per heavy atom. The summed E-state index contributed by atoms with van der Waals surface area (Å²) < 4.78 is 0. The maximum Gasteiger partial charge on any atom is 0.242 e. The molecule has 1 atom stereocenters. The van der Waals surface area contributed by atoms with Crippen LogP contribution in [0, 0.1) is 13.8 Å². The van der Waals surface area contributed by atoms with Gasteiger partial charge in [-0.1, -0.05) is 65.9 Å². The van der Waals surface area contributed by atoms with E-state index in [4.69, 9.17) is 23.2 Å². The molecule has 4 nitrogen and oxygen atoms in total. The van der Waals surface area contributed by atoms with E-state index in [-0.39, 0.29) is 24.3 Å². The lowest BCUT2D eigenvalue weighted by Gasteiger charge is -2.30. The van der Waals surface area contributed by atoms with Gasteiger partial charge in [0.15, 0.2) is 0 Å². The van der Waals surface area contributed by atoms with Crippen LogP contribution >= 0.6 is 23.2 Å². The number of halogens is 2. The van der Waals surface area contributed by atoms with Crippen molar-refractivity contribution in [3.05, 3.63) is 68.7 Å². The van der Waals surface area contributed by atoms with Gasteiger partial charge in [0.2, 0.25) is 11.8 Å². The standard InChI is InChI=1S/C25H30Cl2N2O2/c1-16-8-9-17(2)20(12-16)14-24(30)29(15-19-10-11-22(26)23(27)13-19)18(3)25(31)28-21-6-4-5-7-21/h8-13,18,21H,4-7,14-15H2,1-3H3,(H,28,31)/t18-/m1/s1. The zero-order valence-corrected chi connectivity index (χ0v) is 19.9. The highest BCUT2D eigenvalue weighted by molar-refractivity contribution is 6.42. The fraction of sp³-hybridized carbons (Fsp3) is 0.440. The van der Waals surface area contributed by atoms with Gasteiger partial charge < -0.3 is 10.2 Å². The molecule has 1 N–H and O–H groups in total. The lowest BCUT2D eigenvalue weighted by molar-refractivity contribution is -0.140. The second kappa shape index (κ2) is 10.5. The monoisotopic (exact) mass is 460 g/mol. The van der Waals surface area contributed by atoms with Crippen LogP contribution in [0.25, 0.3) is 0 Å². The SMILES string of the molecule is Cc1ccc(C)c(CC(=O)N(Cc2ccc(Cl)c(Cl)c2)[C@H](C)C(=O)NC2CCCC2)c1. The minimum Gasteiger partial charge on any atom is -0.352 e. The molecule has 0 aromatic heterocycles. The molecule has 0 aliphatic heterocycles. The molecule has 2 amide bonds. The van der Waals surface area contributed by atoms with Crippen molar-refractivity contribution in [3.63, 3.8) is 0 Å². The first kappa shape index (κ1) is 23.6. The molecule has 166 valence electrons. The Hall–Kier alpha value is -2.04. The van der Waals surface area contributed by atoms with E-state index in [2.05, 4.69) is 5.32 Å². The van der Waals surface area contributed by atoms with E-state index < -0.39 is 6.04 Å². The number of carbonyl (C=O) groups excluding carboxylic acids is 2. The Kier molecular flexibility index (Phi) is 8.01. The van der Waals surface area contributed by atoms with Crippen LogP contribution in [-0.4, -0.2) is 28.8 Å². The van der Waals surface area contributed by atoms with E-state index in [1.807, 2.05) is 38.1 Å². The fourth-order valence-electron chi connectivity index (χ4n) is 4.06. The minimum atomic E-state index is -0.590. The quantitative estimate of drug-likeness (QED) is 0.581. The average molecular weight is 461 g/mol. The molecule has 1 aliphatic rings. The number of rotatable bonds is 7. The first-order valence-corrected chi connectivity index (χ1v) is 11.6. The van der Waals surface area contributed by atoms with Gasteiger partial charge >= 0.3 is 0 Å². The molecular weight excluding hydrogens is 431 g/mol. The molecule has 0 heterocycles. The van der Waals surface area contributed by atoms with Crippen LogP contribution in [0.4, 0.5) is 0 Å². The number of hydrogen-bond donors (Lipinski definition) is 1. The van der Waals surface area contributed by atoms with Crippen LogP contribution < -0.4 is 5.32 Å². The minimum absolute atomic E-state index is 0.0890. The number of nitrogens with zero attached hydrogens (tertiary/aromatic N) is 1. The third-order valence-electron chi connectivity index (χ3n) is 6.05. The maximum atomic E-state index is 13.4. The normalized spacial score (nSPS) is 15.0. The Morgan fingerprint density at radius 1 is 1.06 bits per heavy atom. The number of carbonyl (C=O) groups is 2. The number of hydrogen-bond acceptors (Lipinski definition) is 2. The van der Waals surface area contributed by atoms with Crippen LogP contribution in [-0.2, 0) is 22.6 Å². The summed E-state index contributed by atoms with van der Waals surface area (Å²) in [6.07, 6.45) is 4.52. The number of benzene rings is 2. The molecule has 0 saturated heterocycles. The van der Waals surface area contributed by atoms with E-state index in [9.17, 15) is 9.59 Å². The maximum absolute atomic E-state index is 13.4. The van der Waals surface area contributed by atoms with E-state index >= 15 is 0 Å². The van der Waals surface area contributed by atoms with Crippen LogP contribution in [0.15, 0.2) is 36.4 Å². The number of amides is 2. The molecule has 6 heteroatoms.